The van der Waals surface area contributed by atoms with Crippen molar-refractivity contribution in [3.8, 4) is 0 Å². The Morgan fingerprint density at radius 1 is 1.10 bits per heavy atom. The zero-order valence-electron chi connectivity index (χ0n) is 11.5. The first-order chi connectivity index (χ1) is 10.0. The molecule has 1 heterocycles. The van der Waals surface area contributed by atoms with Crippen molar-refractivity contribution in [1.29, 1.82) is 0 Å². The lowest BCUT2D eigenvalue weighted by Crippen LogP contribution is -2.17. The molecule has 0 saturated carbocycles. The monoisotopic (exact) mass is 291 g/mol. The van der Waals surface area contributed by atoms with Crippen LogP contribution in [0.5, 0.6) is 0 Å². The molecule has 0 spiro atoms. The number of carboxylic acids is 2. The molecule has 2 aromatic rings. The number of aliphatic carboxylic acids is 2. The highest BCUT2D eigenvalue weighted by molar-refractivity contribution is 6.27. The van der Waals surface area contributed by atoms with Crippen molar-refractivity contribution in [2.45, 2.75) is 19.5 Å². The number of rotatable bonds is 4. The summed E-state index contributed by atoms with van der Waals surface area (Å²) in [5, 5.41) is 18.2. The first kappa shape index (κ1) is 16.5. The molecule has 1 unspecified atom stereocenters. The lowest BCUT2D eigenvalue weighted by molar-refractivity contribution is -0.159. The maximum atomic E-state index is 9.10. The van der Waals surface area contributed by atoms with E-state index in [2.05, 4.69) is 36.5 Å². The third-order valence-electron chi connectivity index (χ3n) is 2.65. The SMILES string of the molecule is CC(NCc1ccco1)c1ccccc1.O=C(O)C(=O)O. The van der Waals surface area contributed by atoms with Gasteiger partial charge in [0.05, 0.1) is 12.8 Å². The van der Waals surface area contributed by atoms with Crippen LogP contribution in [0.15, 0.2) is 53.1 Å². The molecular weight excluding hydrogens is 274 g/mol. The number of benzene rings is 1. The molecule has 0 saturated heterocycles. The molecule has 21 heavy (non-hydrogen) atoms. The van der Waals surface area contributed by atoms with E-state index in [0.29, 0.717) is 6.04 Å². The fraction of sp³-hybridized carbons (Fsp3) is 0.200. The van der Waals surface area contributed by atoms with Crippen molar-refractivity contribution in [2.75, 3.05) is 0 Å². The highest BCUT2D eigenvalue weighted by Gasteiger charge is 2.04. The van der Waals surface area contributed by atoms with E-state index < -0.39 is 11.9 Å². The van der Waals surface area contributed by atoms with Gasteiger partial charge in [-0.05, 0) is 24.6 Å². The van der Waals surface area contributed by atoms with E-state index in [4.69, 9.17) is 24.2 Å². The second-order valence-electron chi connectivity index (χ2n) is 4.20. The van der Waals surface area contributed by atoms with Gasteiger partial charge in [0.25, 0.3) is 0 Å². The van der Waals surface area contributed by atoms with Crippen LogP contribution in [0.3, 0.4) is 0 Å². The first-order valence-corrected chi connectivity index (χ1v) is 6.27. The minimum atomic E-state index is -1.82. The molecular formula is C15H17NO5. The average Bonchev–Trinajstić information content (AvgIpc) is 2.99. The van der Waals surface area contributed by atoms with Gasteiger partial charge >= 0.3 is 11.9 Å². The molecule has 1 aromatic heterocycles. The van der Waals surface area contributed by atoms with Gasteiger partial charge in [0, 0.05) is 6.04 Å². The molecule has 0 radical (unpaired) electrons. The Kier molecular flexibility index (Phi) is 6.70. The largest absolute Gasteiger partial charge is 0.473 e. The van der Waals surface area contributed by atoms with Crippen LogP contribution in [0.25, 0.3) is 0 Å². The molecule has 6 heteroatoms. The third-order valence-corrected chi connectivity index (χ3v) is 2.65. The molecule has 0 aliphatic rings. The zero-order valence-corrected chi connectivity index (χ0v) is 11.5. The number of carbonyl (C=O) groups is 2. The van der Waals surface area contributed by atoms with Gasteiger partial charge in [0.2, 0.25) is 0 Å². The maximum Gasteiger partial charge on any atom is 0.414 e. The first-order valence-electron chi connectivity index (χ1n) is 6.27. The quantitative estimate of drug-likeness (QED) is 0.747. The summed E-state index contributed by atoms with van der Waals surface area (Å²) in [6.07, 6.45) is 1.70. The van der Waals surface area contributed by atoms with Crippen LogP contribution in [0.4, 0.5) is 0 Å². The fourth-order valence-electron chi connectivity index (χ4n) is 1.53. The molecule has 0 bridgehead atoms. The summed E-state index contributed by atoms with van der Waals surface area (Å²) in [7, 11) is 0. The maximum absolute atomic E-state index is 9.10. The van der Waals surface area contributed by atoms with Gasteiger partial charge in [-0.1, -0.05) is 30.3 Å². The summed E-state index contributed by atoms with van der Waals surface area (Å²) >= 11 is 0. The van der Waals surface area contributed by atoms with Gasteiger partial charge in [-0.25, -0.2) is 9.59 Å². The lowest BCUT2D eigenvalue weighted by Gasteiger charge is -2.12. The van der Waals surface area contributed by atoms with Gasteiger partial charge in [0.1, 0.15) is 5.76 Å². The molecule has 0 amide bonds. The predicted octanol–water partition coefficient (Wildman–Crippen LogP) is 2.29. The van der Waals surface area contributed by atoms with Crippen LogP contribution in [0, 0.1) is 0 Å². The highest BCUT2D eigenvalue weighted by atomic mass is 16.4. The molecule has 2 rings (SSSR count). The topological polar surface area (TPSA) is 99.8 Å². The molecule has 1 atom stereocenters. The van der Waals surface area contributed by atoms with Crippen LogP contribution in [0.1, 0.15) is 24.3 Å². The van der Waals surface area contributed by atoms with Crippen molar-refractivity contribution < 1.29 is 24.2 Å². The van der Waals surface area contributed by atoms with E-state index in [9.17, 15) is 0 Å². The summed E-state index contributed by atoms with van der Waals surface area (Å²) < 4.78 is 5.26. The van der Waals surface area contributed by atoms with Crippen molar-refractivity contribution in [2.24, 2.45) is 0 Å². The number of carboxylic acid groups (broad SMARTS) is 2. The number of hydrogen-bond acceptors (Lipinski definition) is 4. The van der Waals surface area contributed by atoms with E-state index in [1.165, 1.54) is 5.56 Å². The molecule has 1 aromatic carbocycles. The van der Waals surface area contributed by atoms with E-state index in [1.807, 2.05) is 18.2 Å². The Morgan fingerprint density at radius 2 is 1.71 bits per heavy atom. The Hall–Kier alpha value is -2.60. The number of hydrogen-bond donors (Lipinski definition) is 3. The summed E-state index contributed by atoms with van der Waals surface area (Å²) in [6, 6.07) is 14.6. The summed E-state index contributed by atoms with van der Waals surface area (Å²) in [5.74, 6) is -2.68. The van der Waals surface area contributed by atoms with Gasteiger partial charge in [0.15, 0.2) is 0 Å². The van der Waals surface area contributed by atoms with Crippen LogP contribution in [-0.4, -0.2) is 22.2 Å². The fourth-order valence-corrected chi connectivity index (χ4v) is 1.53. The summed E-state index contributed by atoms with van der Waals surface area (Å²) in [5.41, 5.74) is 1.30. The lowest BCUT2D eigenvalue weighted by atomic mass is 10.1. The van der Waals surface area contributed by atoms with Crippen molar-refractivity contribution >= 4 is 11.9 Å². The van der Waals surface area contributed by atoms with Gasteiger partial charge in [-0.15, -0.1) is 0 Å². The average molecular weight is 291 g/mol. The standard InChI is InChI=1S/C13H15NO.C2H2O4/c1-11(12-6-3-2-4-7-12)14-10-13-8-5-9-15-13;3-1(4)2(5)6/h2-9,11,14H,10H2,1H3;(H,3,4)(H,5,6). The number of nitrogens with one attached hydrogen (secondary N) is 1. The van der Waals surface area contributed by atoms with E-state index in [1.54, 1.807) is 6.26 Å². The van der Waals surface area contributed by atoms with E-state index >= 15 is 0 Å². The van der Waals surface area contributed by atoms with Crippen molar-refractivity contribution in [1.82, 2.24) is 5.32 Å². The molecule has 0 aliphatic heterocycles. The Bertz CT molecular complexity index is 539. The molecule has 0 fully saturated rings. The normalized spacial score (nSPS) is 11.1. The minimum absolute atomic E-state index is 0.344. The smallest absolute Gasteiger partial charge is 0.414 e. The van der Waals surface area contributed by atoms with Crippen LogP contribution >= 0.6 is 0 Å². The molecule has 6 nitrogen and oxygen atoms in total. The van der Waals surface area contributed by atoms with Gasteiger partial charge in [-0.2, -0.15) is 0 Å². The molecule has 0 aliphatic carbocycles. The van der Waals surface area contributed by atoms with Crippen molar-refractivity contribution in [3.05, 3.63) is 60.1 Å². The minimum Gasteiger partial charge on any atom is -0.473 e. The van der Waals surface area contributed by atoms with E-state index in [0.717, 1.165) is 12.3 Å². The Labute approximate surface area is 122 Å². The highest BCUT2D eigenvalue weighted by Crippen LogP contribution is 2.12. The third kappa shape index (κ3) is 6.40. The summed E-state index contributed by atoms with van der Waals surface area (Å²) in [6.45, 7) is 2.92. The predicted molar refractivity (Wildman–Crippen MR) is 75.7 cm³/mol. The Morgan fingerprint density at radius 3 is 2.19 bits per heavy atom. The molecule has 112 valence electrons. The van der Waals surface area contributed by atoms with Crippen LogP contribution in [0.2, 0.25) is 0 Å². The summed E-state index contributed by atoms with van der Waals surface area (Å²) in [4.78, 5) is 18.2. The van der Waals surface area contributed by atoms with Crippen LogP contribution < -0.4 is 5.32 Å². The number of furan rings is 1. The van der Waals surface area contributed by atoms with Gasteiger partial charge in [-0.3, -0.25) is 0 Å². The Balaban J connectivity index is 0.000000315. The second kappa shape index (κ2) is 8.55. The van der Waals surface area contributed by atoms with Gasteiger partial charge < -0.3 is 19.9 Å². The zero-order chi connectivity index (χ0) is 15.7. The molecule has 3 N–H and O–H groups in total. The second-order valence-corrected chi connectivity index (χ2v) is 4.20. The van der Waals surface area contributed by atoms with Crippen LogP contribution in [-0.2, 0) is 16.1 Å². The van der Waals surface area contributed by atoms with Crippen molar-refractivity contribution in [3.63, 3.8) is 0 Å². The van der Waals surface area contributed by atoms with E-state index in [-0.39, 0.29) is 0 Å².